The van der Waals surface area contributed by atoms with Crippen LogP contribution in [0.2, 0.25) is 6.04 Å². The summed E-state index contributed by atoms with van der Waals surface area (Å²) < 4.78 is 11.0. The fourth-order valence-electron chi connectivity index (χ4n) is 2.16. The Bertz CT molecular complexity index is 596. The van der Waals surface area contributed by atoms with Gasteiger partial charge in [-0.25, -0.2) is 9.78 Å². The van der Waals surface area contributed by atoms with Gasteiger partial charge in [-0.05, 0) is 31.0 Å². The minimum atomic E-state index is -1.81. The maximum absolute atomic E-state index is 12.0. The van der Waals surface area contributed by atoms with E-state index < -0.39 is 9.28 Å². The van der Waals surface area contributed by atoms with Crippen LogP contribution in [0.25, 0.3) is 10.9 Å². The van der Waals surface area contributed by atoms with Crippen LogP contribution in [0.1, 0.15) is 23.3 Å². The third-order valence-corrected chi connectivity index (χ3v) is 5.15. The number of rotatable bonds is 2. The van der Waals surface area contributed by atoms with Crippen LogP contribution in [0.5, 0.6) is 0 Å². The minimum absolute atomic E-state index is 0.357. The first-order valence-corrected chi connectivity index (χ1v) is 8.27. The number of nitrogens with zero attached hydrogens (tertiary/aromatic N) is 1. The van der Waals surface area contributed by atoms with Gasteiger partial charge in [0.05, 0.1) is 5.52 Å². The van der Waals surface area contributed by atoms with Crippen molar-refractivity contribution in [1.29, 1.82) is 0 Å². The number of benzene rings is 1. The van der Waals surface area contributed by atoms with Gasteiger partial charge in [0.2, 0.25) is 0 Å². The van der Waals surface area contributed by atoms with Crippen molar-refractivity contribution >= 4 is 26.2 Å². The maximum atomic E-state index is 12.0. The van der Waals surface area contributed by atoms with Crippen molar-refractivity contribution in [1.82, 2.24) is 4.98 Å². The van der Waals surface area contributed by atoms with E-state index in [1.807, 2.05) is 30.3 Å². The van der Waals surface area contributed by atoms with Gasteiger partial charge in [0.25, 0.3) is 0 Å². The Labute approximate surface area is 113 Å². The third-order valence-electron chi connectivity index (χ3n) is 3.18. The number of carbonyl (C=O) groups is 1. The zero-order valence-corrected chi connectivity index (χ0v) is 11.7. The molecule has 1 aromatic carbocycles. The first-order valence-electron chi connectivity index (χ1n) is 6.51. The molecule has 3 rings (SSSR count). The van der Waals surface area contributed by atoms with Gasteiger partial charge in [-0.3, -0.25) is 0 Å². The fourth-order valence-corrected chi connectivity index (χ4v) is 3.93. The molecule has 4 nitrogen and oxygen atoms in total. The van der Waals surface area contributed by atoms with Gasteiger partial charge in [-0.15, -0.1) is 0 Å². The van der Waals surface area contributed by atoms with Crippen LogP contribution in [0.15, 0.2) is 36.4 Å². The molecule has 98 valence electrons. The molecule has 0 N–H and O–H groups in total. The smallest absolute Gasteiger partial charge is 0.385 e. The Morgan fingerprint density at radius 3 is 2.95 bits per heavy atom. The standard InChI is InChI=1S/C14H15NO3Si/c16-14(18-19-10-4-3-9-17-19)13-8-7-11-5-1-2-6-12(11)15-13/h1-2,5-8,19H,3-4,9-10H2. The van der Waals surface area contributed by atoms with Crippen molar-refractivity contribution in [2.75, 3.05) is 6.61 Å². The van der Waals surface area contributed by atoms with E-state index in [2.05, 4.69) is 4.98 Å². The van der Waals surface area contributed by atoms with Crippen LogP contribution in [0.4, 0.5) is 0 Å². The molecule has 1 aliphatic heterocycles. The second-order valence-corrected chi connectivity index (χ2v) is 6.60. The van der Waals surface area contributed by atoms with Gasteiger partial charge >= 0.3 is 15.3 Å². The van der Waals surface area contributed by atoms with E-state index >= 15 is 0 Å². The van der Waals surface area contributed by atoms with Crippen LogP contribution >= 0.6 is 0 Å². The second-order valence-electron chi connectivity index (χ2n) is 4.59. The average molecular weight is 273 g/mol. The van der Waals surface area contributed by atoms with E-state index in [1.165, 1.54) is 0 Å². The number of fused-ring (bicyclic) bond motifs is 1. The molecule has 0 radical (unpaired) electrons. The highest BCUT2D eigenvalue weighted by molar-refractivity contribution is 6.47. The molecule has 0 amide bonds. The van der Waals surface area contributed by atoms with Crippen molar-refractivity contribution in [3.63, 3.8) is 0 Å². The highest BCUT2D eigenvalue weighted by Gasteiger charge is 2.23. The number of aromatic nitrogens is 1. The highest BCUT2D eigenvalue weighted by atomic mass is 28.3. The molecule has 1 unspecified atom stereocenters. The first kappa shape index (κ1) is 12.3. The van der Waals surface area contributed by atoms with Crippen LogP contribution in [-0.2, 0) is 8.85 Å². The Kier molecular flexibility index (Phi) is 3.57. The van der Waals surface area contributed by atoms with Gasteiger partial charge in [-0.1, -0.05) is 24.3 Å². The summed E-state index contributed by atoms with van der Waals surface area (Å²) in [7, 11) is -1.81. The predicted molar refractivity (Wildman–Crippen MR) is 74.3 cm³/mol. The van der Waals surface area contributed by atoms with E-state index in [0.717, 1.165) is 36.4 Å². The Morgan fingerprint density at radius 2 is 2.11 bits per heavy atom. The molecule has 5 heteroatoms. The largest absolute Gasteiger partial charge is 0.492 e. The number of para-hydroxylation sites is 1. The molecule has 19 heavy (non-hydrogen) atoms. The number of carbonyl (C=O) groups excluding carboxylic acids is 1. The van der Waals surface area contributed by atoms with E-state index in [-0.39, 0.29) is 5.97 Å². The van der Waals surface area contributed by atoms with Crippen molar-refractivity contribution in [3.05, 3.63) is 42.1 Å². The van der Waals surface area contributed by atoms with Crippen LogP contribution < -0.4 is 0 Å². The van der Waals surface area contributed by atoms with Gasteiger partial charge in [0.1, 0.15) is 5.69 Å². The average Bonchev–Trinajstić information content (AvgIpc) is 2.48. The number of pyridine rings is 1. The molecule has 1 fully saturated rings. The second kappa shape index (κ2) is 5.50. The molecule has 1 aromatic heterocycles. The SMILES string of the molecule is O=C(O[SiH]1CCCCO1)c1ccc2ccccc2n1. The fraction of sp³-hybridized carbons (Fsp3) is 0.286. The summed E-state index contributed by atoms with van der Waals surface area (Å²) in [4.78, 5) is 16.4. The van der Waals surface area contributed by atoms with Crippen molar-refractivity contribution < 1.29 is 13.6 Å². The number of hydrogen-bond donors (Lipinski definition) is 0. The predicted octanol–water partition coefficient (Wildman–Crippen LogP) is 2.42. The topological polar surface area (TPSA) is 48.4 Å². The van der Waals surface area contributed by atoms with E-state index in [1.54, 1.807) is 6.07 Å². The molecule has 0 spiro atoms. The molecule has 2 heterocycles. The lowest BCUT2D eigenvalue weighted by molar-refractivity contribution is 0.0658. The van der Waals surface area contributed by atoms with Crippen molar-refractivity contribution in [3.8, 4) is 0 Å². The summed E-state index contributed by atoms with van der Waals surface area (Å²) in [6, 6.07) is 12.2. The summed E-state index contributed by atoms with van der Waals surface area (Å²) in [5.41, 5.74) is 1.17. The molecule has 0 bridgehead atoms. The Hall–Kier alpha value is -1.72. The highest BCUT2D eigenvalue weighted by Crippen LogP contribution is 2.15. The zero-order valence-electron chi connectivity index (χ0n) is 10.5. The van der Waals surface area contributed by atoms with Crippen LogP contribution in [0.3, 0.4) is 0 Å². The molecule has 1 aliphatic rings. The lowest BCUT2D eigenvalue weighted by Gasteiger charge is -2.20. The van der Waals surface area contributed by atoms with Crippen molar-refractivity contribution in [2.45, 2.75) is 18.9 Å². The van der Waals surface area contributed by atoms with Gasteiger partial charge < -0.3 is 8.85 Å². The molecule has 0 saturated carbocycles. The maximum Gasteiger partial charge on any atom is 0.385 e. The normalized spacial score (nSPS) is 19.3. The summed E-state index contributed by atoms with van der Waals surface area (Å²) in [5, 5.41) is 1.02. The molecule has 1 saturated heterocycles. The minimum Gasteiger partial charge on any atom is -0.492 e. The molecular formula is C14H15NO3Si. The van der Waals surface area contributed by atoms with Crippen LogP contribution in [-0.4, -0.2) is 26.8 Å². The Morgan fingerprint density at radius 1 is 1.21 bits per heavy atom. The van der Waals surface area contributed by atoms with Gasteiger partial charge in [-0.2, -0.15) is 0 Å². The van der Waals surface area contributed by atoms with E-state index in [4.69, 9.17) is 8.85 Å². The number of hydrogen-bond acceptors (Lipinski definition) is 4. The summed E-state index contributed by atoms with van der Waals surface area (Å²) in [6.45, 7) is 0.718. The molecule has 2 aromatic rings. The lowest BCUT2D eigenvalue weighted by Crippen LogP contribution is -2.30. The summed E-state index contributed by atoms with van der Waals surface area (Å²) >= 11 is 0. The molecule has 1 atom stereocenters. The lowest BCUT2D eigenvalue weighted by atomic mass is 10.2. The third kappa shape index (κ3) is 2.82. The summed E-state index contributed by atoms with van der Waals surface area (Å²) in [5.74, 6) is -0.357. The summed E-state index contributed by atoms with van der Waals surface area (Å²) in [6.07, 6.45) is 2.16. The monoisotopic (exact) mass is 273 g/mol. The Balaban J connectivity index is 1.77. The van der Waals surface area contributed by atoms with E-state index in [9.17, 15) is 4.79 Å². The van der Waals surface area contributed by atoms with Gasteiger partial charge in [0, 0.05) is 12.0 Å². The zero-order chi connectivity index (χ0) is 13.1. The van der Waals surface area contributed by atoms with Crippen molar-refractivity contribution in [2.24, 2.45) is 0 Å². The first-order chi connectivity index (χ1) is 9.33. The quantitative estimate of drug-likeness (QED) is 0.788. The van der Waals surface area contributed by atoms with E-state index in [0.29, 0.717) is 5.69 Å². The van der Waals surface area contributed by atoms with Crippen LogP contribution in [0, 0.1) is 0 Å². The van der Waals surface area contributed by atoms with Gasteiger partial charge in [0.15, 0.2) is 0 Å². The molecule has 0 aliphatic carbocycles. The molecular weight excluding hydrogens is 258 g/mol.